The summed E-state index contributed by atoms with van der Waals surface area (Å²) >= 11 is 0. The van der Waals surface area contributed by atoms with Crippen LogP contribution in [0, 0.1) is 0 Å². The van der Waals surface area contributed by atoms with Gasteiger partial charge in [0.2, 0.25) is 0 Å². The second kappa shape index (κ2) is 9.46. The molecule has 0 unspecified atom stereocenters. The van der Waals surface area contributed by atoms with Gasteiger partial charge in [-0.3, -0.25) is 14.6 Å². The molecular weight excluding hydrogens is 427 g/mol. The van der Waals surface area contributed by atoms with E-state index in [-0.39, 0.29) is 11.7 Å². The molecule has 3 aromatic rings. The highest BCUT2D eigenvalue weighted by atomic mass is 19.4. The number of alkyl halides is 3. The van der Waals surface area contributed by atoms with Crippen molar-refractivity contribution in [2.45, 2.75) is 19.0 Å². The van der Waals surface area contributed by atoms with Crippen LogP contribution < -0.4 is 5.32 Å². The Balaban J connectivity index is 0.000000360. The van der Waals surface area contributed by atoms with Crippen molar-refractivity contribution in [2.75, 3.05) is 6.54 Å². The van der Waals surface area contributed by atoms with E-state index in [1.807, 2.05) is 42.5 Å². The van der Waals surface area contributed by atoms with Crippen LogP contribution in [0.4, 0.5) is 13.2 Å². The number of nitrogens with one attached hydrogen (secondary N) is 2. The van der Waals surface area contributed by atoms with Crippen molar-refractivity contribution < 1.29 is 32.7 Å². The molecule has 0 saturated carbocycles. The van der Waals surface area contributed by atoms with Crippen LogP contribution in [0.3, 0.4) is 0 Å². The molecule has 1 aliphatic heterocycles. The molecule has 3 N–H and O–H groups in total. The number of aromatic nitrogens is 2. The number of hydrogen-bond acceptors (Lipinski definition) is 4. The number of rotatable bonds is 4. The second-order valence-corrected chi connectivity index (χ2v) is 6.90. The van der Waals surface area contributed by atoms with E-state index >= 15 is 0 Å². The van der Waals surface area contributed by atoms with E-state index in [9.17, 15) is 22.8 Å². The molecule has 0 radical (unpaired) electrons. The maximum atomic E-state index is 12.5. The SMILES string of the molecule is O=C(Cc1ccccc1)c1cc(-c2cc3c([nH]2)CCNC3=O)ccn1.O=C(O)C(F)(F)F. The Morgan fingerprint density at radius 2 is 1.78 bits per heavy atom. The first-order valence-corrected chi connectivity index (χ1v) is 9.49. The molecule has 0 spiro atoms. The number of carboxylic acid groups (broad SMARTS) is 1. The number of halogens is 3. The van der Waals surface area contributed by atoms with Crippen LogP contribution in [0.15, 0.2) is 54.7 Å². The van der Waals surface area contributed by atoms with E-state index in [4.69, 9.17) is 9.90 Å². The number of fused-ring (bicyclic) bond motifs is 1. The van der Waals surface area contributed by atoms with E-state index < -0.39 is 12.1 Å². The molecule has 10 heteroatoms. The molecule has 32 heavy (non-hydrogen) atoms. The van der Waals surface area contributed by atoms with Gasteiger partial charge in [0.25, 0.3) is 5.91 Å². The number of ketones is 1. The molecule has 3 heterocycles. The summed E-state index contributed by atoms with van der Waals surface area (Å²) in [7, 11) is 0. The number of benzene rings is 1. The molecule has 0 saturated heterocycles. The van der Waals surface area contributed by atoms with Crippen LogP contribution in [0.2, 0.25) is 0 Å². The number of carbonyl (C=O) groups excluding carboxylic acids is 2. The fourth-order valence-electron chi connectivity index (χ4n) is 3.07. The number of nitrogens with zero attached hydrogens (tertiary/aromatic N) is 1. The van der Waals surface area contributed by atoms with Crippen molar-refractivity contribution in [1.29, 1.82) is 0 Å². The number of carboxylic acids is 1. The van der Waals surface area contributed by atoms with Gasteiger partial charge in [-0.2, -0.15) is 13.2 Å². The number of Topliss-reactive ketones (excluding diaryl/α,β-unsaturated/α-hetero) is 1. The number of carbonyl (C=O) groups is 3. The lowest BCUT2D eigenvalue weighted by molar-refractivity contribution is -0.192. The predicted octanol–water partition coefficient (Wildman–Crippen LogP) is 3.42. The molecule has 0 aliphatic carbocycles. The van der Waals surface area contributed by atoms with Crippen LogP contribution in [-0.2, 0) is 17.6 Å². The lowest BCUT2D eigenvalue weighted by Gasteiger charge is -2.10. The highest BCUT2D eigenvalue weighted by Gasteiger charge is 2.38. The predicted molar refractivity (Wildman–Crippen MR) is 108 cm³/mol. The first kappa shape index (κ1) is 22.7. The van der Waals surface area contributed by atoms with E-state index in [0.29, 0.717) is 24.2 Å². The average molecular weight is 445 g/mol. The quantitative estimate of drug-likeness (QED) is 0.533. The van der Waals surface area contributed by atoms with E-state index in [1.54, 1.807) is 12.3 Å². The van der Waals surface area contributed by atoms with Gasteiger partial charge < -0.3 is 15.4 Å². The Hall–Kier alpha value is -3.95. The number of amides is 1. The molecular formula is C22H18F3N3O4. The van der Waals surface area contributed by atoms with Crippen molar-refractivity contribution in [3.05, 3.63) is 77.2 Å². The minimum Gasteiger partial charge on any atom is -0.475 e. The first-order chi connectivity index (χ1) is 15.1. The van der Waals surface area contributed by atoms with Crippen LogP contribution in [-0.4, -0.2) is 45.5 Å². The third kappa shape index (κ3) is 5.60. The van der Waals surface area contributed by atoms with Gasteiger partial charge in [0.05, 0.1) is 5.56 Å². The fraction of sp³-hybridized carbons (Fsp3) is 0.182. The van der Waals surface area contributed by atoms with Crippen LogP contribution >= 0.6 is 0 Å². The number of H-pyrrole nitrogens is 1. The third-order valence-corrected chi connectivity index (χ3v) is 4.61. The zero-order chi connectivity index (χ0) is 23.3. The molecule has 0 bridgehead atoms. The van der Waals surface area contributed by atoms with Gasteiger partial charge in [0.1, 0.15) is 5.69 Å². The Morgan fingerprint density at radius 1 is 1.09 bits per heavy atom. The normalized spacial score (nSPS) is 12.8. The maximum absolute atomic E-state index is 12.5. The number of aromatic amines is 1. The maximum Gasteiger partial charge on any atom is 0.490 e. The summed E-state index contributed by atoms with van der Waals surface area (Å²) in [5.74, 6) is -2.84. The standard InChI is InChI=1S/C20H17N3O2.C2HF3O2/c24-19(10-13-4-2-1-3-5-13)18-11-14(6-8-21-18)17-12-15-16(23-17)7-9-22-20(15)25;3-2(4,5)1(6)7/h1-6,8,11-12,23H,7,9-10H2,(H,22,25);(H,6,7). The summed E-state index contributed by atoms with van der Waals surface area (Å²) in [4.78, 5) is 40.8. The highest BCUT2D eigenvalue weighted by molar-refractivity contribution is 5.99. The van der Waals surface area contributed by atoms with Crippen molar-refractivity contribution in [1.82, 2.24) is 15.3 Å². The Bertz CT molecular complexity index is 1140. The van der Waals surface area contributed by atoms with Gasteiger partial charge in [-0.15, -0.1) is 0 Å². The summed E-state index contributed by atoms with van der Waals surface area (Å²) in [5, 5.41) is 9.96. The van der Waals surface area contributed by atoms with Crippen molar-refractivity contribution in [3.8, 4) is 11.3 Å². The summed E-state index contributed by atoms with van der Waals surface area (Å²) in [6.45, 7) is 0.642. The number of pyridine rings is 1. The number of aliphatic carboxylic acids is 1. The average Bonchev–Trinajstić information content (AvgIpc) is 3.20. The van der Waals surface area contributed by atoms with Gasteiger partial charge in [0.15, 0.2) is 5.78 Å². The number of hydrogen-bond donors (Lipinski definition) is 3. The van der Waals surface area contributed by atoms with E-state index in [1.165, 1.54) is 0 Å². The molecule has 1 aromatic carbocycles. The van der Waals surface area contributed by atoms with Crippen LogP contribution in [0.1, 0.15) is 32.1 Å². The van der Waals surface area contributed by atoms with Crippen LogP contribution in [0.25, 0.3) is 11.3 Å². The van der Waals surface area contributed by atoms with Crippen molar-refractivity contribution in [3.63, 3.8) is 0 Å². The lowest BCUT2D eigenvalue weighted by Crippen LogP contribution is -2.31. The van der Waals surface area contributed by atoms with Gasteiger partial charge in [0, 0.05) is 42.5 Å². The first-order valence-electron chi connectivity index (χ1n) is 9.49. The summed E-state index contributed by atoms with van der Waals surface area (Å²) < 4.78 is 31.7. The Morgan fingerprint density at radius 3 is 2.41 bits per heavy atom. The Labute approximate surface area is 180 Å². The van der Waals surface area contributed by atoms with Crippen LogP contribution in [0.5, 0.6) is 0 Å². The molecule has 166 valence electrons. The van der Waals surface area contributed by atoms with Crippen molar-refractivity contribution >= 4 is 17.7 Å². The monoisotopic (exact) mass is 445 g/mol. The topological polar surface area (TPSA) is 112 Å². The largest absolute Gasteiger partial charge is 0.490 e. The van der Waals surface area contributed by atoms with E-state index in [0.717, 1.165) is 28.9 Å². The van der Waals surface area contributed by atoms with E-state index in [2.05, 4.69) is 15.3 Å². The lowest BCUT2D eigenvalue weighted by atomic mass is 10.0. The Kier molecular flexibility index (Phi) is 6.72. The van der Waals surface area contributed by atoms with Gasteiger partial charge in [-0.05, 0) is 23.8 Å². The molecule has 2 aromatic heterocycles. The highest BCUT2D eigenvalue weighted by Crippen LogP contribution is 2.24. The molecule has 4 rings (SSSR count). The fourth-order valence-corrected chi connectivity index (χ4v) is 3.07. The smallest absolute Gasteiger partial charge is 0.475 e. The summed E-state index contributed by atoms with van der Waals surface area (Å²) in [6.07, 6.45) is -2.35. The molecule has 0 atom stereocenters. The third-order valence-electron chi connectivity index (χ3n) is 4.61. The zero-order valence-corrected chi connectivity index (χ0v) is 16.6. The van der Waals surface area contributed by atoms with Crippen molar-refractivity contribution in [2.24, 2.45) is 0 Å². The zero-order valence-electron chi connectivity index (χ0n) is 16.6. The minimum absolute atomic E-state index is 0.0258. The molecule has 1 aliphatic rings. The van der Waals surface area contributed by atoms with Gasteiger partial charge >= 0.3 is 12.1 Å². The minimum atomic E-state index is -5.08. The summed E-state index contributed by atoms with van der Waals surface area (Å²) in [6, 6.07) is 15.1. The molecule has 0 fully saturated rings. The molecule has 7 nitrogen and oxygen atoms in total. The summed E-state index contributed by atoms with van der Waals surface area (Å²) in [5.41, 5.74) is 4.69. The van der Waals surface area contributed by atoms with Gasteiger partial charge in [-0.25, -0.2) is 4.79 Å². The molecule has 1 amide bonds. The van der Waals surface area contributed by atoms with Gasteiger partial charge in [-0.1, -0.05) is 30.3 Å². The second-order valence-electron chi connectivity index (χ2n) is 6.90.